The van der Waals surface area contributed by atoms with Crippen molar-refractivity contribution in [2.75, 3.05) is 24.6 Å². The Bertz CT molecular complexity index is 444. The largest absolute Gasteiger partial charge is 0.505 e. The molecule has 1 N–H and O–H groups in total. The maximum absolute atomic E-state index is 14.3. The summed E-state index contributed by atoms with van der Waals surface area (Å²) in [6.07, 6.45) is 2.67. The van der Waals surface area contributed by atoms with Gasteiger partial charge in [-0.1, -0.05) is 0 Å². The van der Waals surface area contributed by atoms with E-state index in [1.54, 1.807) is 11.8 Å². The van der Waals surface area contributed by atoms with E-state index in [9.17, 15) is 9.18 Å². The molecule has 1 aliphatic rings. The number of aromatic hydroxyl groups is 1. The molecule has 1 aliphatic heterocycles. The van der Waals surface area contributed by atoms with E-state index in [2.05, 4.69) is 9.97 Å². The highest BCUT2D eigenvalue weighted by atomic mass is 19.1. The van der Waals surface area contributed by atoms with Gasteiger partial charge >= 0.3 is 5.97 Å². The van der Waals surface area contributed by atoms with Gasteiger partial charge in [0.25, 0.3) is 0 Å². The number of alkyl halides is 1. The molecule has 1 aromatic rings. The first kappa shape index (κ1) is 13.5. The van der Waals surface area contributed by atoms with E-state index in [0.29, 0.717) is 19.0 Å². The molecule has 0 saturated carbocycles. The molecule has 0 atom stereocenters. The van der Waals surface area contributed by atoms with Crippen LogP contribution >= 0.6 is 0 Å². The molecule has 0 bridgehead atoms. The molecule has 0 unspecified atom stereocenters. The average molecular weight is 269 g/mol. The number of nitrogens with zero attached hydrogens (tertiary/aromatic N) is 3. The predicted molar refractivity (Wildman–Crippen MR) is 65.6 cm³/mol. The van der Waals surface area contributed by atoms with Crippen LogP contribution in [-0.4, -0.2) is 46.4 Å². The van der Waals surface area contributed by atoms with E-state index >= 15 is 0 Å². The molecule has 7 heteroatoms. The van der Waals surface area contributed by atoms with Crippen molar-refractivity contribution >= 4 is 11.9 Å². The molecule has 0 aromatic carbocycles. The fourth-order valence-corrected chi connectivity index (χ4v) is 2.00. The SMILES string of the molecule is CCOC(=O)C1(F)CCN(c2ncc(O)cn2)CC1. The van der Waals surface area contributed by atoms with Gasteiger partial charge in [0.15, 0.2) is 5.75 Å². The number of rotatable bonds is 3. The van der Waals surface area contributed by atoms with Crippen LogP contribution < -0.4 is 4.90 Å². The predicted octanol–water partition coefficient (Wildman–Crippen LogP) is 1.05. The summed E-state index contributed by atoms with van der Waals surface area (Å²) in [5.41, 5.74) is -1.91. The van der Waals surface area contributed by atoms with Crippen LogP contribution in [0.5, 0.6) is 5.75 Å². The van der Waals surface area contributed by atoms with Gasteiger partial charge in [-0.05, 0) is 6.92 Å². The first-order valence-electron chi connectivity index (χ1n) is 6.17. The Morgan fingerprint density at radius 2 is 2.05 bits per heavy atom. The lowest BCUT2D eigenvalue weighted by Gasteiger charge is -2.34. The minimum atomic E-state index is -1.91. The molecule has 1 fully saturated rings. The normalized spacial score (nSPS) is 18.1. The third kappa shape index (κ3) is 2.91. The molecule has 2 heterocycles. The highest BCUT2D eigenvalue weighted by molar-refractivity contribution is 5.79. The van der Waals surface area contributed by atoms with Crippen molar-refractivity contribution in [1.29, 1.82) is 0 Å². The molecular formula is C12H16FN3O3. The highest BCUT2D eigenvalue weighted by Crippen LogP contribution is 2.29. The van der Waals surface area contributed by atoms with Crippen LogP contribution in [0, 0.1) is 0 Å². The second-order valence-electron chi connectivity index (χ2n) is 4.41. The van der Waals surface area contributed by atoms with Crippen LogP contribution in [0.25, 0.3) is 0 Å². The fraction of sp³-hybridized carbons (Fsp3) is 0.583. The van der Waals surface area contributed by atoms with Gasteiger partial charge in [-0.2, -0.15) is 0 Å². The Morgan fingerprint density at radius 3 is 2.58 bits per heavy atom. The van der Waals surface area contributed by atoms with Crippen LogP contribution in [0.1, 0.15) is 19.8 Å². The van der Waals surface area contributed by atoms with Crippen molar-refractivity contribution < 1.29 is 19.0 Å². The molecule has 1 aromatic heterocycles. The maximum Gasteiger partial charge on any atom is 0.344 e. The Hall–Kier alpha value is -1.92. The first-order chi connectivity index (χ1) is 9.05. The third-order valence-corrected chi connectivity index (χ3v) is 3.10. The van der Waals surface area contributed by atoms with Crippen LogP contribution in [0.15, 0.2) is 12.4 Å². The van der Waals surface area contributed by atoms with E-state index in [-0.39, 0.29) is 25.2 Å². The number of anilines is 1. The van der Waals surface area contributed by atoms with Gasteiger partial charge < -0.3 is 14.7 Å². The average Bonchev–Trinajstić information content (AvgIpc) is 2.41. The molecule has 6 nitrogen and oxygen atoms in total. The number of carbonyl (C=O) groups excluding carboxylic acids is 1. The van der Waals surface area contributed by atoms with Gasteiger partial charge in [0.05, 0.1) is 19.0 Å². The third-order valence-electron chi connectivity index (χ3n) is 3.10. The van der Waals surface area contributed by atoms with Crippen molar-refractivity contribution in [2.45, 2.75) is 25.4 Å². The molecule has 2 rings (SSSR count). The van der Waals surface area contributed by atoms with Crippen LogP contribution in [0.2, 0.25) is 0 Å². The van der Waals surface area contributed by atoms with Crippen LogP contribution in [-0.2, 0) is 9.53 Å². The quantitative estimate of drug-likeness (QED) is 0.827. The molecular weight excluding hydrogens is 253 g/mol. The zero-order chi connectivity index (χ0) is 13.9. The summed E-state index contributed by atoms with van der Waals surface area (Å²) in [4.78, 5) is 21.2. The Kier molecular flexibility index (Phi) is 3.82. The summed E-state index contributed by atoms with van der Waals surface area (Å²) in [6.45, 7) is 2.50. The zero-order valence-corrected chi connectivity index (χ0v) is 10.7. The van der Waals surface area contributed by atoms with Crippen molar-refractivity contribution in [3.63, 3.8) is 0 Å². The van der Waals surface area contributed by atoms with E-state index < -0.39 is 11.6 Å². The summed E-state index contributed by atoms with van der Waals surface area (Å²) in [6, 6.07) is 0. The lowest BCUT2D eigenvalue weighted by Crippen LogP contribution is -2.47. The maximum atomic E-state index is 14.3. The van der Waals surface area contributed by atoms with Gasteiger partial charge in [0.1, 0.15) is 0 Å². The lowest BCUT2D eigenvalue weighted by atomic mass is 9.93. The minimum absolute atomic E-state index is 0.0212. The lowest BCUT2D eigenvalue weighted by molar-refractivity contribution is -0.158. The van der Waals surface area contributed by atoms with E-state index in [1.165, 1.54) is 12.4 Å². The first-order valence-corrected chi connectivity index (χ1v) is 6.17. The molecule has 0 amide bonds. The molecule has 0 radical (unpaired) electrons. The zero-order valence-electron chi connectivity index (χ0n) is 10.7. The molecule has 104 valence electrons. The van der Waals surface area contributed by atoms with Crippen molar-refractivity contribution in [3.8, 4) is 5.75 Å². The van der Waals surface area contributed by atoms with E-state index in [0.717, 1.165) is 0 Å². The number of ether oxygens (including phenoxy) is 1. The summed E-state index contributed by atoms with van der Waals surface area (Å²) in [7, 11) is 0. The number of hydrogen-bond acceptors (Lipinski definition) is 6. The number of carbonyl (C=O) groups is 1. The van der Waals surface area contributed by atoms with Crippen molar-refractivity contribution in [2.24, 2.45) is 0 Å². The second-order valence-corrected chi connectivity index (χ2v) is 4.41. The van der Waals surface area contributed by atoms with E-state index in [1.807, 2.05) is 0 Å². The second kappa shape index (κ2) is 5.38. The Labute approximate surface area is 110 Å². The van der Waals surface area contributed by atoms with Crippen LogP contribution in [0.3, 0.4) is 0 Å². The fourth-order valence-electron chi connectivity index (χ4n) is 2.00. The number of aromatic nitrogens is 2. The summed E-state index contributed by atoms with van der Waals surface area (Å²) in [5, 5.41) is 9.11. The number of esters is 1. The molecule has 0 spiro atoms. The summed E-state index contributed by atoms with van der Waals surface area (Å²) >= 11 is 0. The standard InChI is InChI=1S/C12H16FN3O3/c1-2-19-10(18)12(13)3-5-16(6-4-12)11-14-7-9(17)8-15-11/h7-8,17H,2-6H2,1H3. The van der Waals surface area contributed by atoms with Crippen molar-refractivity contribution in [3.05, 3.63) is 12.4 Å². The monoisotopic (exact) mass is 269 g/mol. The van der Waals surface area contributed by atoms with Gasteiger partial charge in [-0.15, -0.1) is 0 Å². The summed E-state index contributed by atoms with van der Waals surface area (Å²) in [5.74, 6) is -0.392. The Morgan fingerprint density at radius 1 is 1.47 bits per heavy atom. The number of piperidine rings is 1. The highest BCUT2D eigenvalue weighted by Gasteiger charge is 2.43. The molecule has 0 aliphatic carbocycles. The van der Waals surface area contributed by atoms with Crippen molar-refractivity contribution in [1.82, 2.24) is 9.97 Å². The summed E-state index contributed by atoms with van der Waals surface area (Å²) < 4.78 is 19.1. The minimum Gasteiger partial charge on any atom is -0.505 e. The molecule has 1 saturated heterocycles. The number of halogens is 1. The van der Waals surface area contributed by atoms with Crippen LogP contribution in [0.4, 0.5) is 10.3 Å². The Balaban J connectivity index is 1.99. The van der Waals surface area contributed by atoms with Gasteiger partial charge in [-0.3, -0.25) is 0 Å². The van der Waals surface area contributed by atoms with Gasteiger partial charge in [0.2, 0.25) is 11.6 Å². The number of hydrogen-bond donors (Lipinski definition) is 1. The van der Waals surface area contributed by atoms with Gasteiger partial charge in [0, 0.05) is 25.9 Å². The topological polar surface area (TPSA) is 75.5 Å². The van der Waals surface area contributed by atoms with E-state index in [4.69, 9.17) is 9.84 Å². The smallest absolute Gasteiger partial charge is 0.344 e. The van der Waals surface area contributed by atoms with Gasteiger partial charge in [-0.25, -0.2) is 19.2 Å². The molecule has 19 heavy (non-hydrogen) atoms.